The van der Waals surface area contributed by atoms with Crippen LogP contribution in [-0.2, 0) is 11.2 Å². The first-order valence-corrected chi connectivity index (χ1v) is 8.21. The number of carboxylic acid groups (broad SMARTS) is 1. The van der Waals surface area contributed by atoms with Crippen molar-refractivity contribution < 1.29 is 23.4 Å². The highest BCUT2D eigenvalue weighted by molar-refractivity contribution is 7.80. The fourth-order valence-electron chi connectivity index (χ4n) is 3.04. The number of halogens is 2. The van der Waals surface area contributed by atoms with Gasteiger partial charge in [-0.3, -0.25) is 0 Å². The van der Waals surface area contributed by atoms with Crippen LogP contribution in [0.3, 0.4) is 0 Å². The summed E-state index contributed by atoms with van der Waals surface area (Å²) in [4.78, 5) is 13.0. The zero-order chi connectivity index (χ0) is 18.0. The standard InChI is InChI=1S/C14H14F2N2O3S.C2H6/c1-6-11(13(19)20)18(14(22)17-6)9-3-7-2-8(15)4-10(16)12(7)21-5-9;1-2/h2,4,6,9,11H,3,5H2,1H3,(H,17,22)(H,19,20);1-2H3. The molecule has 1 aromatic rings. The number of carbonyl (C=O) groups is 1. The van der Waals surface area contributed by atoms with Crippen LogP contribution in [0.4, 0.5) is 8.78 Å². The highest BCUT2D eigenvalue weighted by Gasteiger charge is 2.44. The molecule has 2 aliphatic rings. The third-order valence-corrected chi connectivity index (χ3v) is 4.29. The van der Waals surface area contributed by atoms with Gasteiger partial charge in [0.15, 0.2) is 16.7 Å². The topological polar surface area (TPSA) is 61.8 Å². The highest BCUT2D eigenvalue weighted by atomic mass is 32.1. The number of carboxylic acids is 1. The van der Waals surface area contributed by atoms with Gasteiger partial charge in [-0.25, -0.2) is 13.6 Å². The van der Waals surface area contributed by atoms with E-state index < -0.39 is 23.6 Å². The van der Waals surface area contributed by atoms with Crippen LogP contribution in [0.2, 0.25) is 0 Å². The highest BCUT2D eigenvalue weighted by Crippen LogP contribution is 2.32. The Morgan fingerprint density at radius 3 is 2.71 bits per heavy atom. The van der Waals surface area contributed by atoms with Crippen molar-refractivity contribution in [3.05, 3.63) is 29.3 Å². The third-order valence-electron chi connectivity index (χ3n) is 3.97. The fourth-order valence-corrected chi connectivity index (χ4v) is 3.49. The van der Waals surface area contributed by atoms with Crippen LogP contribution in [0.15, 0.2) is 12.1 Å². The van der Waals surface area contributed by atoms with Gasteiger partial charge in [0.25, 0.3) is 0 Å². The predicted molar refractivity (Wildman–Crippen MR) is 89.2 cm³/mol. The van der Waals surface area contributed by atoms with Gasteiger partial charge >= 0.3 is 5.97 Å². The third kappa shape index (κ3) is 3.28. The van der Waals surface area contributed by atoms with Crippen LogP contribution in [0.25, 0.3) is 0 Å². The zero-order valence-corrected chi connectivity index (χ0v) is 14.5. The summed E-state index contributed by atoms with van der Waals surface area (Å²) >= 11 is 5.19. The minimum atomic E-state index is -1.00. The molecule has 0 aromatic heterocycles. The van der Waals surface area contributed by atoms with E-state index in [2.05, 4.69) is 5.32 Å². The lowest BCUT2D eigenvalue weighted by atomic mass is 9.99. The Morgan fingerprint density at radius 1 is 1.42 bits per heavy atom. The maximum atomic E-state index is 13.7. The molecule has 8 heteroatoms. The van der Waals surface area contributed by atoms with Gasteiger partial charge in [-0.05, 0) is 25.2 Å². The van der Waals surface area contributed by atoms with E-state index in [1.54, 1.807) is 11.8 Å². The van der Waals surface area contributed by atoms with Crippen LogP contribution in [0.1, 0.15) is 26.3 Å². The van der Waals surface area contributed by atoms with Crippen LogP contribution in [0, 0.1) is 11.6 Å². The van der Waals surface area contributed by atoms with E-state index in [0.29, 0.717) is 10.7 Å². The molecule has 0 radical (unpaired) electrons. The van der Waals surface area contributed by atoms with Crippen molar-refractivity contribution in [2.45, 2.75) is 45.3 Å². The number of benzene rings is 1. The van der Waals surface area contributed by atoms with E-state index in [-0.39, 0.29) is 30.9 Å². The van der Waals surface area contributed by atoms with E-state index in [4.69, 9.17) is 17.0 Å². The lowest BCUT2D eigenvalue weighted by molar-refractivity contribution is -0.142. The van der Waals surface area contributed by atoms with E-state index in [0.717, 1.165) is 6.07 Å². The first-order valence-electron chi connectivity index (χ1n) is 7.81. The second-order valence-electron chi connectivity index (χ2n) is 5.47. The largest absolute Gasteiger partial charge is 0.488 e. The van der Waals surface area contributed by atoms with Gasteiger partial charge in [-0.15, -0.1) is 0 Å². The monoisotopic (exact) mass is 358 g/mol. The molecular weight excluding hydrogens is 338 g/mol. The van der Waals surface area contributed by atoms with Gasteiger partial charge in [0, 0.05) is 18.1 Å². The smallest absolute Gasteiger partial charge is 0.328 e. The van der Waals surface area contributed by atoms with Crippen LogP contribution in [0.5, 0.6) is 5.75 Å². The Balaban J connectivity index is 0.00000100. The minimum Gasteiger partial charge on any atom is -0.488 e. The summed E-state index contributed by atoms with van der Waals surface area (Å²) in [7, 11) is 0. The Labute approximate surface area is 144 Å². The molecule has 0 amide bonds. The maximum absolute atomic E-state index is 13.7. The van der Waals surface area contributed by atoms with Gasteiger partial charge < -0.3 is 20.1 Å². The van der Waals surface area contributed by atoms with Crippen molar-refractivity contribution in [2.75, 3.05) is 6.61 Å². The fraction of sp³-hybridized carbons (Fsp3) is 0.500. The SMILES string of the molecule is CC.CC1NC(=S)N(C2COc3c(F)cc(F)cc3C2)C1C(=O)O. The number of hydrogen-bond acceptors (Lipinski definition) is 3. The Bertz CT molecular complexity index is 656. The van der Waals surface area contributed by atoms with Crippen molar-refractivity contribution in [1.29, 1.82) is 0 Å². The minimum absolute atomic E-state index is 0.0237. The van der Waals surface area contributed by atoms with E-state index in [1.807, 2.05) is 13.8 Å². The number of thiocarbonyl (C=S) groups is 1. The van der Waals surface area contributed by atoms with Gasteiger partial charge in [0.05, 0.1) is 12.1 Å². The number of aliphatic carboxylic acids is 1. The first-order chi connectivity index (χ1) is 11.4. The zero-order valence-electron chi connectivity index (χ0n) is 13.7. The van der Waals surface area contributed by atoms with Crippen LogP contribution >= 0.6 is 12.2 Å². The van der Waals surface area contributed by atoms with Crippen molar-refractivity contribution >= 4 is 23.3 Å². The number of nitrogens with zero attached hydrogens (tertiary/aromatic N) is 1. The second kappa shape index (κ2) is 7.29. The molecule has 1 saturated heterocycles. The van der Waals surface area contributed by atoms with E-state index in [9.17, 15) is 18.7 Å². The summed E-state index contributed by atoms with van der Waals surface area (Å²) in [5.74, 6) is -2.42. The quantitative estimate of drug-likeness (QED) is 0.792. The molecule has 132 valence electrons. The number of fused-ring (bicyclic) bond motifs is 1. The lowest BCUT2D eigenvalue weighted by Gasteiger charge is -2.35. The molecule has 3 atom stereocenters. The molecule has 0 bridgehead atoms. The molecule has 0 spiro atoms. The van der Waals surface area contributed by atoms with Crippen molar-refractivity contribution in [1.82, 2.24) is 10.2 Å². The van der Waals surface area contributed by atoms with Crippen molar-refractivity contribution in [3.8, 4) is 5.75 Å². The van der Waals surface area contributed by atoms with E-state index >= 15 is 0 Å². The van der Waals surface area contributed by atoms with Crippen molar-refractivity contribution in [2.24, 2.45) is 0 Å². The van der Waals surface area contributed by atoms with E-state index in [1.165, 1.54) is 6.07 Å². The molecule has 5 nitrogen and oxygen atoms in total. The van der Waals surface area contributed by atoms with Crippen molar-refractivity contribution in [3.63, 3.8) is 0 Å². The predicted octanol–water partition coefficient (Wildman–Crippen LogP) is 2.33. The summed E-state index contributed by atoms with van der Waals surface area (Å²) in [6.45, 7) is 5.82. The van der Waals surface area contributed by atoms with Gasteiger partial charge in [-0.2, -0.15) is 0 Å². The molecule has 1 aromatic carbocycles. The normalized spacial score (nSPS) is 25.1. The second-order valence-corrected chi connectivity index (χ2v) is 5.86. The molecule has 0 aliphatic carbocycles. The summed E-state index contributed by atoms with van der Waals surface area (Å²) < 4.78 is 32.4. The maximum Gasteiger partial charge on any atom is 0.328 e. The molecule has 3 unspecified atom stereocenters. The number of nitrogens with one attached hydrogen (secondary N) is 1. The molecule has 24 heavy (non-hydrogen) atoms. The average Bonchev–Trinajstić information content (AvgIpc) is 2.83. The first kappa shape index (κ1) is 18.4. The number of hydrogen-bond donors (Lipinski definition) is 2. The number of rotatable bonds is 2. The lowest BCUT2D eigenvalue weighted by Crippen LogP contribution is -2.52. The molecule has 2 heterocycles. The molecule has 1 fully saturated rings. The van der Waals surface area contributed by atoms with Gasteiger partial charge in [0.1, 0.15) is 18.5 Å². The molecule has 3 rings (SSSR count). The average molecular weight is 358 g/mol. The summed E-state index contributed by atoms with van der Waals surface area (Å²) in [5.41, 5.74) is 0.375. The number of ether oxygens (including phenoxy) is 1. The van der Waals surface area contributed by atoms with Gasteiger partial charge in [0.2, 0.25) is 0 Å². The molecule has 2 aliphatic heterocycles. The Hall–Kier alpha value is -1.96. The summed E-state index contributed by atoms with van der Waals surface area (Å²) in [5, 5.41) is 12.6. The molecule has 0 saturated carbocycles. The molecular formula is C16H20F2N2O3S. The Kier molecular flexibility index (Phi) is 5.58. The van der Waals surface area contributed by atoms with Crippen LogP contribution in [-0.4, -0.2) is 45.8 Å². The summed E-state index contributed by atoms with van der Waals surface area (Å²) in [6.07, 6.45) is 0.266. The summed E-state index contributed by atoms with van der Waals surface area (Å²) in [6, 6.07) is 0.399. The molecule has 2 N–H and O–H groups in total. The van der Waals surface area contributed by atoms with Crippen LogP contribution < -0.4 is 10.1 Å². The Morgan fingerprint density at radius 2 is 2.08 bits per heavy atom. The van der Waals surface area contributed by atoms with Gasteiger partial charge in [-0.1, -0.05) is 13.8 Å².